The van der Waals surface area contributed by atoms with Crippen LogP contribution < -0.4 is 9.64 Å². The zero-order chi connectivity index (χ0) is 24.7. The molecular weight excluding hydrogens is 453 g/mol. The predicted octanol–water partition coefficient (Wildman–Crippen LogP) is 4.02. The monoisotopic (exact) mass is 477 g/mol. The van der Waals surface area contributed by atoms with Crippen molar-refractivity contribution >= 4 is 22.7 Å². The van der Waals surface area contributed by atoms with Gasteiger partial charge in [0.05, 0.1) is 23.4 Å². The van der Waals surface area contributed by atoms with E-state index in [0.717, 1.165) is 11.1 Å². The van der Waals surface area contributed by atoms with Crippen molar-refractivity contribution in [2.24, 2.45) is 0 Å². The molecule has 180 valence electrons. The molecule has 9 nitrogen and oxygen atoms in total. The smallest absolute Gasteiger partial charge is 0.338 e. The van der Waals surface area contributed by atoms with E-state index in [1.54, 1.807) is 6.07 Å². The van der Waals surface area contributed by atoms with Crippen LogP contribution in [0, 0.1) is 19.7 Å². The molecule has 0 bridgehead atoms. The van der Waals surface area contributed by atoms with Gasteiger partial charge in [-0.1, -0.05) is 18.2 Å². The average molecular weight is 477 g/mol. The third kappa shape index (κ3) is 4.40. The molecule has 1 fully saturated rings. The van der Waals surface area contributed by atoms with Crippen molar-refractivity contribution in [3.63, 3.8) is 0 Å². The molecule has 4 aromatic rings. The van der Waals surface area contributed by atoms with Crippen LogP contribution in [0.5, 0.6) is 11.5 Å². The van der Waals surface area contributed by atoms with Gasteiger partial charge >= 0.3 is 5.97 Å². The van der Waals surface area contributed by atoms with Crippen LogP contribution >= 0.6 is 0 Å². The molecule has 2 aromatic heterocycles. The number of anilines is 1. The maximum Gasteiger partial charge on any atom is 0.338 e. The molecule has 0 saturated carbocycles. The quantitative estimate of drug-likeness (QED) is 0.443. The average Bonchev–Trinajstić information content (AvgIpc) is 3.33. The van der Waals surface area contributed by atoms with Gasteiger partial charge in [0.15, 0.2) is 11.6 Å². The van der Waals surface area contributed by atoms with Crippen molar-refractivity contribution in [1.29, 1.82) is 0 Å². The fourth-order valence-corrected chi connectivity index (χ4v) is 4.21. The Hall–Kier alpha value is -4.05. The van der Waals surface area contributed by atoms with E-state index in [1.807, 2.05) is 36.9 Å². The summed E-state index contributed by atoms with van der Waals surface area (Å²) in [5, 5.41) is 23.9. The van der Waals surface area contributed by atoms with Gasteiger partial charge in [-0.3, -0.25) is 0 Å². The van der Waals surface area contributed by atoms with Gasteiger partial charge in [0, 0.05) is 30.7 Å². The van der Waals surface area contributed by atoms with E-state index in [-0.39, 0.29) is 23.4 Å². The van der Waals surface area contributed by atoms with E-state index in [2.05, 4.69) is 15.1 Å². The summed E-state index contributed by atoms with van der Waals surface area (Å²) >= 11 is 0. The number of nitrogens with zero attached hydrogens (tertiary/aromatic N) is 5. The minimum absolute atomic E-state index is 0.0140. The number of piperidine rings is 1. The minimum atomic E-state index is -1.12. The third-order valence-electron chi connectivity index (χ3n) is 6.14. The summed E-state index contributed by atoms with van der Waals surface area (Å²) in [6.07, 6.45) is 3.26. The zero-order valence-corrected chi connectivity index (χ0v) is 19.3. The van der Waals surface area contributed by atoms with Gasteiger partial charge in [0.25, 0.3) is 5.95 Å². The molecule has 0 spiro atoms. The van der Waals surface area contributed by atoms with Crippen molar-refractivity contribution in [3.8, 4) is 17.4 Å². The molecule has 1 aliphatic rings. The molecule has 1 saturated heterocycles. The van der Waals surface area contributed by atoms with Crippen molar-refractivity contribution in [2.45, 2.75) is 32.8 Å². The Morgan fingerprint density at radius 1 is 1.14 bits per heavy atom. The lowest BCUT2D eigenvalue weighted by molar-refractivity contribution is 0.0697. The van der Waals surface area contributed by atoms with Crippen molar-refractivity contribution < 1.29 is 24.1 Å². The normalized spacial score (nSPS) is 14.5. The maximum atomic E-state index is 15.2. The van der Waals surface area contributed by atoms with Crippen LogP contribution in [0.25, 0.3) is 16.9 Å². The molecule has 0 radical (unpaired) electrons. The van der Waals surface area contributed by atoms with E-state index >= 15 is 4.39 Å². The largest absolute Gasteiger partial charge is 0.478 e. The van der Waals surface area contributed by atoms with E-state index < -0.39 is 11.8 Å². The number of aliphatic hydroxyl groups excluding tert-OH is 1. The van der Waals surface area contributed by atoms with Gasteiger partial charge < -0.3 is 19.8 Å². The Bertz CT molecular complexity index is 1410. The first-order valence-electron chi connectivity index (χ1n) is 11.3. The summed E-state index contributed by atoms with van der Waals surface area (Å²) in [4.78, 5) is 22.4. The number of ether oxygens (including phenoxy) is 1. The number of rotatable bonds is 5. The first-order chi connectivity index (χ1) is 16.8. The lowest BCUT2D eigenvalue weighted by atomic mass is 10.1. The number of aromatic nitrogens is 4. The lowest BCUT2D eigenvalue weighted by Gasteiger charge is -2.31. The second kappa shape index (κ2) is 8.95. The lowest BCUT2D eigenvalue weighted by Crippen LogP contribution is -2.36. The van der Waals surface area contributed by atoms with E-state index in [0.29, 0.717) is 48.4 Å². The Morgan fingerprint density at radius 3 is 2.51 bits per heavy atom. The molecule has 5 rings (SSSR count). The van der Waals surface area contributed by atoms with Crippen molar-refractivity contribution in [2.75, 3.05) is 18.0 Å². The molecule has 10 heteroatoms. The van der Waals surface area contributed by atoms with Crippen LogP contribution in [0.2, 0.25) is 0 Å². The molecule has 1 aliphatic heterocycles. The van der Waals surface area contributed by atoms with Crippen molar-refractivity contribution in [1.82, 2.24) is 19.7 Å². The van der Waals surface area contributed by atoms with Crippen LogP contribution in [0.4, 0.5) is 10.2 Å². The van der Waals surface area contributed by atoms with Gasteiger partial charge in [-0.05, 0) is 43.9 Å². The number of carbonyl (C=O) groups is 1. The molecule has 2 aromatic carbocycles. The number of benzene rings is 2. The predicted molar refractivity (Wildman–Crippen MR) is 127 cm³/mol. The van der Waals surface area contributed by atoms with Gasteiger partial charge in [0.2, 0.25) is 0 Å². The molecule has 0 unspecified atom stereocenters. The summed E-state index contributed by atoms with van der Waals surface area (Å²) in [5.41, 5.74) is 2.08. The molecule has 0 atom stereocenters. The van der Waals surface area contributed by atoms with Crippen LogP contribution in [0.15, 0.2) is 42.7 Å². The Balaban J connectivity index is 1.65. The SMILES string of the molecule is Cc1cccc(C)c1Oc1cc2c(N3CCC(O)CC3)nc(-n3cc(C(=O)O)cn3)nc2cc1F. The second-order valence-electron chi connectivity index (χ2n) is 8.67. The number of carboxylic acids is 1. The fraction of sp³-hybridized carbons (Fsp3) is 0.280. The van der Waals surface area contributed by atoms with Crippen molar-refractivity contribution in [3.05, 3.63) is 65.2 Å². The molecule has 0 amide bonds. The summed E-state index contributed by atoms with van der Waals surface area (Å²) in [7, 11) is 0. The number of para-hydroxylation sites is 1. The number of fused-ring (bicyclic) bond motifs is 1. The van der Waals surface area contributed by atoms with Gasteiger partial charge in [-0.15, -0.1) is 0 Å². The van der Waals surface area contributed by atoms with Crippen LogP contribution in [0.1, 0.15) is 34.3 Å². The molecule has 2 N–H and O–H groups in total. The molecule has 0 aliphatic carbocycles. The highest BCUT2D eigenvalue weighted by atomic mass is 19.1. The number of carboxylic acid groups (broad SMARTS) is 1. The second-order valence-corrected chi connectivity index (χ2v) is 8.67. The number of aromatic carboxylic acids is 1. The molecular formula is C25H24FN5O4. The van der Waals surface area contributed by atoms with E-state index in [9.17, 15) is 15.0 Å². The van der Waals surface area contributed by atoms with E-state index in [4.69, 9.17) is 4.74 Å². The number of aliphatic hydroxyl groups is 1. The standard InChI is InChI=1S/C25H24FN5O4/c1-14-4-3-5-15(2)22(14)35-21-10-18-20(11-19(21)26)28-25(31-13-16(12-27-31)24(33)34)29-23(18)30-8-6-17(32)7-9-30/h3-5,10-13,17,32H,6-9H2,1-2H3,(H,33,34). The highest BCUT2D eigenvalue weighted by molar-refractivity contribution is 5.91. The minimum Gasteiger partial charge on any atom is -0.478 e. The number of hydrogen-bond donors (Lipinski definition) is 2. The Labute approximate surface area is 200 Å². The Kier molecular flexibility index (Phi) is 5.81. The first kappa shape index (κ1) is 22.7. The van der Waals surface area contributed by atoms with Gasteiger partial charge in [-0.25, -0.2) is 18.9 Å². The summed E-state index contributed by atoms with van der Waals surface area (Å²) in [6, 6.07) is 8.59. The fourth-order valence-electron chi connectivity index (χ4n) is 4.21. The Morgan fingerprint density at radius 2 is 1.86 bits per heavy atom. The molecule has 35 heavy (non-hydrogen) atoms. The zero-order valence-electron chi connectivity index (χ0n) is 19.3. The van der Waals surface area contributed by atoms with E-state index in [1.165, 1.54) is 23.1 Å². The van der Waals surface area contributed by atoms with Crippen LogP contribution in [-0.4, -0.2) is 55.1 Å². The summed E-state index contributed by atoms with van der Waals surface area (Å²) in [6.45, 7) is 4.90. The summed E-state index contributed by atoms with van der Waals surface area (Å²) < 4.78 is 22.5. The van der Waals surface area contributed by atoms with Crippen LogP contribution in [-0.2, 0) is 0 Å². The number of halogens is 1. The highest BCUT2D eigenvalue weighted by Crippen LogP contribution is 2.36. The molecule has 3 heterocycles. The topological polar surface area (TPSA) is 114 Å². The number of hydrogen-bond acceptors (Lipinski definition) is 7. The maximum absolute atomic E-state index is 15.2. The van der Waals surface area contributed by atoms with Gasteiger partial charge in [0.1, 0.15) is 11.6 Å². The van der Waals surface area contributed by atoms with Crippen LogP contribution in [0.3, 0.4) is 0 Å². The van der Waals surface area contributed by atoms with Gasteiger partial charge in [-0.2, -0.15) is 10.1 Å². The summed E-state index contributed by atoms with van der Waals surface area (Å²) in [5.74, 6) is -0.414. The highest BCUT2D eigenvalue weighted by Gasteiger charge is 2.23. The number of aryl methyl sites for hydroxylation is 2. The first-order valence-corrected chi connectivity index (χ1v) is 11.3. The third-order valence-corrected chi connectivity index (χ3v) is 6.14.